The zero-order valence-corrected chi connectivity index (χ0v) is 15.4. The number of carbonyl (C=O) groups is 1. The van der Waals surface area contributed by atoms with E-state index in [-0.39, 0.29) is 5.91 Å². The Bertz CT molecular complexity index is 1180. The van der Waals surface area contributed by atoms with Crippen LogP contribution in [0, 0.1) is 12.8 Å². The molecule has 0 radical (unpaired) electrons. The molecule has 1 amide bonds. The number of rotatable bonds is 4. The van der Waals surface area contributed by atoms with Gasteiger partial charge in [-0.05, 0) is 37.1 Å². The van der Waals surface area contributed by atoms with Crippen molar-refractivity contribution in [3.8, 4) is 0 Å². The molecule has 0 unspecified atom stereocenters. The standard InChI is InChI=1S/C18H18N4O3S/c1-9(2)8-22-17-12(10(3)21-22)7-15(26-17)16(23)19-11-4-5-14-13(6-11)20-18(24)25-14/h4-7,9H,8H2,1-3H3,(H,19,23)(H,20,24). The highest BCUT2D eigenvalue weighted by molar-refractivity contribution is 7.20. The fraction of sp³-hybridized carbons (Fsp3) is 0.278. The number of anilines is 1. The van der Waals surface area contributed by atoms with Crippen LogP contribution in [0.4, 0.5) is 5.69 Å². The third-order valence-electron chi connectivity index (χ3n) is 4.05. The highest BCUT2D eigenvalue weighted by atomic mass is 32.1. The average Bonchev–Trinajstić information content (AvgIpc) is 3.22. The van der Waals surface area contributed by atoms with E-state index in [4.69, 9.17) is 4.42 Å². The van der Waals surface area contributed by atoms with Crippen molar-refractivity contribution in [3.05, 3.63) is 45.4 Å². The number of aryl methyl sites for hydroxylation is 1. The molecule has 0 fully saturated rings. The third kappa shape index (κ3) is 2.92. The second kappa shape index (κ2) is 6.14. The summed E-state index contributed by atoms with van der Waals surface area (Å²) >= 11 is 1.43. The molecule has 0 aliphatic heterocycles. The summed E-state index contributed by atoms with van der Waals surface area (Å²) in [5, 5.41) is 8.44. The molecular weight excluding hydrogens is 352 g/mol. The van der Waals surface area contributed by atoms with Crippen molar-refractivity contribution in [2.24, 2.45) is 5.92 Å². The Morgan fingerprint density at radius 3 is 2.96 bits per heavy atom. The number of hydrogen-bond acceptors (Lipinski definition) is 5. The van der Waals surface area contributed by atoms with Gasteiger partial charge in [-0.3, -0.25) is 14.5 Å². The molecule has 1 aromatic carbocycles. The van der Waals surface area contributed by atoms with E-state index in [1.54, 1.807) is 18.2 Å². The molecule has 8 heteroatoms. The molecule has 26 heavy (non-hydrogen) atoms. The fourth-order valence-corrected chi connectivity index (χ4v) is 3.98. The minimum atomic E-state index is -0.516. The van der Waals surface area contributed by atoms with Gasteiger partial charge in [0.15, 0.2) is 5.58 Å². The van der Waals surface area contributed by atoms with Crippen LogP contribution < -0.4 is 11.1 Å². The first-order chi connectivity index (χ1) is 12.4. The second-order valence-corrected chi connectivity index (χ2v) is 7.70. The van der Waals surface area contributed by atoms with Crippen molar-refractivity contribution in [1.82, 2.24) is 14.8 Å². The summed E-state index contributed by atoms with van der Waals surface area (Å²) in [6.45, 7) is 7.05. The number of thiophene rings is 1. The van der Waals surface area contributed by atoms with Crippen LogP contribution in [0.2, 0.25) is 0 Å². The van der Waals surface area contributed by atoms with Gasteiger partial charge in [0.2, 0.25) is 0 Å². The summed E-state index contributed by atoms with van der Waals surface area (Å²) < 4.78 is 6.94. The van der Waals surface area contributed by atoms with Crippen LogP contribution in [0.25, 0.3) is 21.3 Å². The predicted octanol–water partition coefficient (Wildman–Crippen LogP) is 3.75. The number of aromatic nitrogens is 3. The number of nitrogens with one attached hydrogen (secondary N) is 2. The summed E-state index contributed by atoms with van der Waals surface area (Å²) in [4.78, 5) is 28.1. The summed E-state index contributed by atoms with van der Waals surface area (Å²) in [6.07, 6.45) is 0. The molecule has 3 aromatic heterocycles. The van der Waals surface area contributed by atoms with E-state index in [1.165, 1.54) is 11.3 Å². The molecule has 0 aliphatic rings. The van der Waals surface area contributed by atoms with Crippen molar-refractivity contribution in [2.75, 3.05) is 5.32 Å². The molecule has 2 N–H and O–H groups in total. The number of benzene rings is 1. The first-order valence-corrected chi connectivity index (χ1v) is 9.13. The highest BCUT2D eigenvalue weighted by Gasteiger charge is 2.17. The topological polar surface area (TPSA) is 92.9 Å². The zero-order valence-electron chi connectivity index (χ0n) is 14.6. The van der Waals surface area contributed by atoms with Crippen LogP contribution >= 0.6 is 11.3 Å². The van der Waals surface area contributed by atoms with Crippen molar-refractivity contribution >= 4 is 44.2 Å². The lowest BCUT2D eigenvalue weighted by atomic mass is 10.2. The molecule has 0 aliphatic carbocycles. The van der Waals surface area contributed by atoms with Crippen LogP contribution in [-0.4, -0.2) is 20.7 Å². The number of nitrogens with zero attached hydrogens (tertiary/aromatic N) is 2. The fourth-order valence-electron chi connectivity index (χ4n) is 2.92. The van der Waals surface area contributed by atoms with Crippen LogP contribution in [-0.2, 0) is 6.54 Å². The van der Waals surface area contributed by atoms with Crippen LogP contribution in [0.15, 0.2) is 33.5 Å². The predicted molar refractivity (Wildman–Crippen MR) is 102 cm³/mol. The van der Waals surface area contributed by atoms with Gasteiger partial charge in [0.25, 0.3) is 5.91 Å². The molecule has 0 atom stereocenters. The van der Waals surface area contributed by atoms with Gasteiger partial charge in [0.1, 0.15) is 4.83 Å². The number of H-pyrrole nitrogens is 1. The maximum Gasteiger partial charge on any atom is 0.417 e. The first-order valence-electron chi connectivity index (χ1n) is 8.32. The molecule has 134 valence electrons. The quantitative estimate of drug-likeness (QED) is 0.572. The molecule has 0 spiro atoms. The zero-order chi connectivity index (χ0) is 18.4. The van der Waals surface area contributed by atoms with E-state index in [0.717, 1.165) is 22.5 Å². The number of oxazole rings is 1. The monoisotopic (exact) mass is 370 g/mol. The Balaban J connectivity index is 1.63. The lowest BCUT2D eigenvalue weighted by molar-refractivity contribution is 0.103. The molecule has 7 nitrogen and oxygen atoms in total. The van der Waals surface area contributed by atoms with Gasteiger partial charge in [0, 0.05) is 17.6 Å². The number of fused-ring (bicyclic) bond motifs is 2. The minimum absolute atomic E-state index is 0.188. The number of amides is 1. The van der Waals surface area contributed by atoms with Crippen molar-refractivity contribution in [2.45, 2.75) is 27.3 Å². The van der Waals surface area contributed by atoms with E-state index in [1.807, 2.05) is 17.7 Å². The third-order valence-corrected chi connectivity index (χ3v) is 5.19. The largest absolute Gasteiger partial charge is 0.417 e. The maximum absolute atomic E-state index is 12.6. The molecule has 0 saturated heterocycles. The van der Waals surface area contributed by atoms with E-state index >= 15 is 0 Å². The number of aromatic amines is 1. The highest BCUT2D eigenvalue weighted by Crippen LogP contribution is 2.29. The van der Waals surface area contributed by atoms with Gasteiger partial charge >= 0.3 is 5.76 Å². The molecular formula is C18H18N4O3S. The lowest BCUT2D eigenvalue weighted by Gasteiger charge is -2.05. The number of carbonyl (C=O) groups excluding carboxylic acids is 1. The van der Waals surface area contributed by atoms with Gasteiger partial charge in [-0.2, -0.15) is 5.10 Å². The molecule has 4 rings (SSSR count). The Kier molecular flexibility index (Phi) is 3.91. The average molecular weight is 370 g/mol. The second-order valence-electron chi connectivity index (χ2n) is 6.67. The SMILES string of the molecule is Cc1nn(CC(C)C)c2sc(C(=O)Nc3ccc4oc(=O)[nH]c4c3)cc12. The van der Waals surface area contributed by atoms with Crippen molar-refractivity contribution < 1.29 is 9.21 Å². The van der Waals surface area contributed by atoms with Crippen molar-refractivity contribution in [1.29, 1.82) is 0 Å². The van der Waals surface area contributed by atoms with E-state index in [2.05, 4.69) is 29.2 Å². The van der Waals surface area contributed by atoms with Gasteiger partial charge in [0.05, 0.1) is 16.1 Å². The summed E-state index contributed by atoms with van der Waals surface area (Å²) in [6, 6.07) is 6.92. The molecule has 0 saturated carbocycles. The van der Waals surface area contributed by atoms with Crippen LogP contribution in [0.3, 0.4) is 0 Å². The van der Waals surface area contributed by atoms with Gasteiger partial charge in [-0.25, -0.2) is 4.79 Å². The molecule has 4 aromatic rings. The van der Waals surface area contributed by atoms with Crippen molar-refractivity contribution in [3.63, 3.8) is 0 Å². The van der Waals surface area contributed by atoms with Gasteiger partial charge in [-0.1, -0.05) is 13.8 Å². The first kappa shape index (κ1) is 16.6. The lowest BCUT2D eigenvalue weighted by Crippen LogP contribution is -2.10. The number of hydrogen-bond donors (Lipinski definition) is 2. The summed E-state index contributed by atoms with van der Waals surface area (Å²) in [5.41, 5.74) is 2.53. The minimum Gasteiger partial charge on any atom is -0.408 e. The van der Waals surface area contributed by atoms with Gasteiger partial charge < -0.3 is 9.73 Å². The summed E-state index contributed by atoms with van der Waals surface area (Å²) in [7, 11) is 0. The maximum atomic E-state index is 12.6. The van der Waals surface area contributed by atoms with Crippen LogP contribution in [0.1, 0.15) is 29.2 Å². The van der Waals surface area contributed by atoms with Gasteiger partial charge in [-0.15, -0.1) is 11.3 Å². The van der Waals surface area contributed by atoms with E-state index in [9.17, 15) is 9.59 Å². The molecule has 3 heterocycles. The van der Waals surface area contributed by atoms with E-state index in [0.29, 0.717) is 27.6 Å². The Morgan fingerprint density at radius 2 is 2.19 bits per heavy atom. The Morgan fingerprint density at radius 1 is 1.38 bits per heavy atom. The van der Waals surface area contributed by atoms with E-state index < -0.39 is 5.76 Å². The Hall–Kier alpha value is -2.87. The summed E-state index contributed by atoms with van der Waals surface area (Å²) in [5.74, 6) is -0.231. The molecule has 0 bridgehead atoms. The Labute approximate surface area is 152 Å². The normalized spacial score (nSPS) is 11.7. The van der Waals surface area contributed by atoms with Crippen LogP contribution in [0.5, 0.6) is 0 Å². The smallest absolute Gasteiger partial charge is 0.408 e.